The van der Waals surface area contributed by atoms with Gasteiger partial charge in [-0.1, -0.05) is 36.4 Å². The van der Waals surface area contributed by atoms with Gasteiger partial charge >= 0.3 is 0 Å². The molecule has 1 aromatic carbocycles. The van der Waals surface area contributed by atoms with Gasteiger partial charge in [-0.05, 0) is 35.0 Å². The molecule has 2 aromatic heterocycles. The van der Waals surface area contributed by atoms with Crippen LogP contribution in [-0.4, -0.2) is 9.38 Å². The van der Waals surface area contributed by atoms with E-state index in [2.05, 4.69) is 56.5 Å². The predicted octanol–water partition coefficient (Wildman–Crippen LogP) is 4.07. The fraction of sp³-hybridized carbons (Fsp3) is 0.0714. The number of hydrogen-bond donors (Lipinski definition) is 0. The van der Waals surface area contributed by atoms with Crippen molar-refractivity contribution < 1.29 is 0 Å². The van der Waals surface area contributed by atoms with E-state index in [-0.39, 0.29) is 0 Å². The lowest BCUT2D eigenvalue weighted by Gasteiger charge is -2.04. The minimum Gasteiger partial charge on any atom is -0.296 e. The van der Waals surface area contributed by atoms with Crippen molar-refractivity contribution in [3.05, 3.63) is 58.8 Å². The second kappa shape index (κ2) is 4.00. The van der Waals surface area contributed by atoms with Gasteiger partial charge in [0.15, 0.2) is 0 Å². The average Bonchev–Trinajstić information content (AvgIpc) is 2.70. The summed E-state index contributed by atoms with van der Waals surface area (Å²) >= 11 is 3.52. The van der Waals surface area contributed by atoms with E-state index in [0.29, 0.717) is 0 Å². The number of halogens is 1. The van der Waals surface area contributed by atoms with Crippen LogP contribution >= 0.6 is 15.9 Å². The quantitative estimate of drug-likeness (QED) is 0.659. The first kappa shape index (κ1) is 10.5. The summed E-state index contributed by atoms with van der Waals surface area (Å²) in [4.78, 5) is 4.60. The van der Waals surface area contributed by atoms with Gasteiger partial charge in [0.05, 0.1) is 5.52 Å². The number of benzene rings is 1. The molecule has 0 saturated carbocycles. The number of aryl methyl sites for hydroxylation is 1. The van der Waals surface area contributed by atoms with Crippen LogP contribution in [0.25, 0.3) is 16.9 Å². The predicted molar refractivity (Wildman–Crippen MR) is 73.1 cm³/mol. The van der Waals surface area contributed by atoms with Gasteiger partial charge in [-0.3, -0.25) is 4.40 Å². The summed E-state index contributed by atoms with van der Waals surface area (Å²) in [7, 11) is 0. The number of aromatic nitrogens is 2. The summed E-state index contributed by atoms with van der Waals surface area (Å²) in [6, 6.07) is 16.4. The molecule has 0 aliphatic rings. The van der Waals surface area contributed by atoms with Crippen molar-refractivity contribution in [2.45, 2.75) is 6.92 Å². The van der Waals surface area contributed by atoms with E-state index in [0.717, 1.165) is 21.5 Å². The van der Waals surface area contributed by atoms with Crippen LogP contribution in [0.3, 0.4) is 0 Å². The maximum atomic E-state index is 4.60. The number of nitrogens with zero attached hydrogens (tertiary/aromatic N) is 2. The van der Waals surface area contributed by atoms with Crippen molar-refractivity contribution in [2.24, 2.45) is 0 Å². The minimum absolute atomic E-state index is 0.889. The summed E-state index contributed by atoms with van der Waals surface area (Å²) in [6.45, 7) is 2.09. The van der Waals surface area contributed by atoms with Crippen LogP contribution < -0.4 is 0 Å². The molecular formula is C14H11BrN2. The molecule has 3 rings (SSSR count). The number of hydrogen-bond acceptors (Lipinski definition) is 1. The summed E-state index contributed by atoms with van der Waals surface area (Å²) in [5.41, 5.74) is 3.41. The van der Waals surface area contributed by atoms with Crippen LogP contribution in [-0.2, 0) is 0 Å². The van der Waals surface area contributed by atoms with Gasteiger partial charge in [0.2, 0.25) is 0 Å². The monoisotopic (exact) mass is 286 g/mol. The van der Waals surface area contributed by atoms with Crippen molar-refractivity contribution in [2.75, 3.05) is 0 Å². The molecule has 3 aromatic rings. The van der Waals surface area contributed by atoms with Crippen molar-refractivity contribution in [1.82, 2.24) is 9.38 Å². The highest BCUT2D eigenvalue weighted by molar-refractivity contribution is 9.10. The lowest BCUT2D eigenvalue weighted by atomic mass is 10.2. The van der Waals surface area contributed by atoms with Crippen LogP contribution in [0, 0.1) is 6.92 Å². The van der Waals surface area contributed by atoms with Crippen LogP contribution in [0.1, 0.15) is 5.69 Å². The Morgan fingerprint density at radius 3 is 2.53 bits per heavy atom. The minimum atomic E-state index is 0.889. The van der Waals surface area contributed by atoms with Crippen LogP contribution in [0.5, 0.6) is 0 Å². The maximum absolute atomic E-state index is 4.60. The Balaban J connectivity index is 2.38. The zero-order valence-corrected chi connectivity index (χ0v) is 11.0. The standard InChI is InChI=1S/C14H11BrN2/c1-10-6-5-9-12-13(15)16-14(17(10)12)11-7-3-2-4-8-11/h2-9H,1H3. The van der Waals surface area contributed by atoms with Crippen molar-refractivity contribution in [3.63, 3.8) is 0 Å². The lowest BCUT2D eigenvalue weighted by molar-refractivity contribution is 1.08. The third kappa shape index (κ3) is 1.67. The van der Waals surface area contributed by atoms with Gasteiger partial charge < -0.3 is 0 Å². The summed E-state index contributed by atoms with van der Waals surface area (Å²) in [6.07, 6.45) is 0. The zero-order valence-electron chi connectivity index (χ0n) is 9.39. The van der Waals surface area contributed by atoms with Crippen LogP contribution in [0.2, 0.25) is 0 Å². The third-order valence-electron chi connectivity index (χ3n) is 2.84. The molecule has 0 fully saturated rings. The Labute approximate surface area is 108 Å². The second-order valence-electron chi connectivity index (χ2n) is 3.98. The highest BCUT2D eigenvalue weighted by Crippen LogP contribution is 2.26. The van der Waals surface area contributed by atoms with Gasteiger partial charge in [0, 0.05) is 11.3 Å². The molecule has 0 saturated heterocycles. The smallest absolute Gasteiger partial charge is 0.146 e. The van der Waals surface area contributed by atoms with E-state index in [1.807, 2.05) is 24.3 Å². The Kier molecular flexibility index (Phi) is 2.48. The number of imidazole rings is 1. The van der Waals surface area contributed by atoms with Crippen molar-refractivity contribution in [3.8, 4) is 11.4 Å². The Hall–Kier alpha value is -1.61. The fourth-order valence-electron chi connectivity index (χ4n) is 2.04. The molecule has 0 aliphatic carbocycles. The molecule has 17 heavy (non-hydrogen) atoms. The Morgan fingerprint density at radius 1 is 1.00 bits per heavy atom. The van der Waals surface area contributed by atoms with E-state index in [1.165, 1.54) is 5.69 Å². The summed E-state index contributed by atoms with van der Waals surface area (Å²) in [5.74, 6) is 0.977. The van der Waals surface area contributed by atoms with Crippen molar-refractivity contribution in [1.29, 1.82) is 0 Å². The van der Waals surface area contributed by atoms with E-state index >= 15 is 0 Å². The largest absolute Gasteiger partial charge is 0.296 e. The molecule has 0 aliphatic heterocycles. The van der Waals surface area contributed by atoms with Gasteiger partial charge in [0.25, 0.3) is 0 Å². The van der Waals surface area contributed by atoms with E-state index in [9.17, 15) is 0 Å². The SMILES string of the molecule is Cc1cccc2c(Br)nc(-c3ccccc3)n12. The highest BCUT2D eigenvalue weighted by Gasteiger charge is 2.11. The topological polar surface area (TPSA) is 17.3 Å². The van der Waals surface area contributed by atoms with Gasteiger partial charge in [-0.25, -0.2) is 4.98 Å². The third-order valence-corrected chi connectivity index (χ3v) is 3.43. The molecule has 0 atom stereocenters. The molecular weight excluding hydrogens is 276 g/mol. The molecule has 3 heteroatoms. The fourth-order valence-corrected chi connectivity index (χ4v) is 2.52. The molecule has 84 valence electrons. The van der Waals surface area contributed by atoms with Gasteiger partial charge in [-0.2, -0.15) is 0 Å². The Bertz CT molecular complexity index is 671. The second-order valence-corrected chi connectivity index (χ2v) is 4.73. The average molecular weight is 287 g/mol. The summed E-state index contributed by atoms with van der Waals surface area (Å²) < 4.78 is 3.06. The molecule has 0 amide bonds. The molecule has 0 N–H and O–H groups in total. The van der Waals surface area contributed by atoms with Gasteiger partial charge in [0.1, 0.15) is 10.4 Å². The van der Waals surface area contributed by atoms with E-state index < -0.39 is 0 Å². The van der Waals surface area contributed by atoms with Gasteiger partial charge in [-0.15, -0.1) is 0 Å². The zero-order chi connectivity index (χ0) is 11.8. The van der Waals surface area contributed by atoms with Crippen LogP contribution in [0.15, 0.2) is 53.1 Å². The molecule has 0 bridgehead atoms. The lowest BCUT2D eigenvalue weighted by Crippen LogP contribution is -1.93. The highest BCUT2D eigenvalue weighted by atomic mass is 79.9. The number of pyridine rings is 1. The first-order chi connectivity index (χ1) is 8.27. The Morgan fingerprint density at radius 2 is 1.76 bits per heavy atom. The number of fused-ring (bicyclic) bond motifs is 1. The molecule has 0 spiro atoms. The molecule has 2 nitrogen and oxygen atoms in total. The molecule has 0 unspecified atom stereocenters. The number of rotatable bonds is 1. The molecule has 0 radical (unpaired) electrons. The first-order valence-corrected chi connectivity index (χ1v) is 6.25. The molecule has 2 heterocycles. The maximum Gasteiger partial charge on any atom is 0.146 e. The van der Waals surface area contributed by atoms with E-state index in [4.69, 9.17) is 0 Å². The normalized spacial score (nSPS) is 10.9. The van der Waals surface area contributed by atoms with E-state index in [1.54, 1.807) is 0 Å². The van der Waals surface area contributed by atoms with Crippen molar-refractivity contribution >= 4 is 21.4 Å². The summed E-state index contributed by atoms with van der Waals surface area (Å²) in [5, 5.41) is 0. The van der Waals surface area contributed by atoms with Crippen LogP contribution in [0.4, 0.5) is 0 Å². The first-order valence-electron chi connectivity index (χ1n) is 5.46.